The van der Waals surface area contributed by atoms with Gasteiger partial charge in [-0.25, -0.2) is 0 Å². The highest BCUT2D eigenvalue weighted by Crippen LogP contribution is 2.93. The molecule has 1 saturated heterocycles. The molecule has 7 atom stereocenters. The van der Waals surface area contributed by atoms with Crippen molar-refractivity contribution in [2.45, 2.75) is 31.5 Å². The summed E-state index contributed by atoms with van der Waals surface area (Å²) in [7, 11) is -0.143. The Morgan fingerprint density at radius 2 is 2.13 bits per heavy atom. The van der Waals surface area contributed by atoms with Crippen LogP contribution < -0.4 is 0 Å². The summed E-state index contributed by atoms with van der Waals surface area (Å²) < 4.78 is 12.1. The van der Waals surface area contributed by atoms with Crippen LogP contribution in [0.2, 0.25) is 0 Å². The number of hydrogen-bond acceptors (Lipinski definition) is 2. The van der Waals surface area contributed by atoms with E-state index in [1.807, 2.05) is 0 Å². The standard InChI is InChI=1S/C11H14BClO2/c1-10-8-3-6-5-2-7(11(5,6)8)9(10)14-12(4-13)15-10/h5-9H,2-4H2,1H3/t5-,6?,7?,8-,9?,10+,11?/m1/s1. The summed E-state index contributed by atoms with van der Waals surface area (Å²) in [5.74, 6) is 4.18. The van der Waals surface area contributed by atoms with Gasteiger partial charge >= 0.3 is 7.12 Å². The molecule has 15 heavy (non-hydrogen) atoms. The zero-order valence-corrected chi connectivity index (χ0v) is 9.54. The average Bonchev–Trinajstić information content (AvgIpc) is 2.35. The Kier molecular flexibility index (Phi) is 1.13. The molecule has 80 valence electrons. The van der Waals surface area contributed by atoms with Crippen LogP contribution in [0.25, 0.3) is 0 Å². The van der Waals surface area contributed by atoms with E-state index >= 15 is 0 Å². The normalized spacial score (nSPS) is 71.6. The van der Waals surface area contributed by atoms with Gasteiger partial charge in [0.1, 0.15) is 0 Å². The second-order valence-electron chi connectivity index (χ2n) is 6.29. The van der Waals surface area contributed by atoms with Crippen molar-refractivity contribution in [1.29, 1.82) is 0 Å². The third-order valence-corrected chi connectivity index (χ3v) is 6.59. The monoisotopic (exact) mass is 224 g/mol. The number of fused-ring (bicyclic) bond motifs is 4. The van der Waals surface area contributed by atoms with Crippen molar-refractivity contribution in [2.75, 3.05) is 5.78 Å². The molecule has 5 aliphatic rings. The van der Waals surface area contributed by atoms with Gasteiger partial charge in [0, 0.05) is 0 Å². The van der Waals surface area contributed by atoms with Crippen LogP contribution in [0.5, 0.6) is 0 Å². The predicted molar refractivity (Wildman–Crippen MR) is 56.5 cm³/mol. The quantitative estimate of drug-likeness (QED) is 0.499. The van der Waals surface area contributed by atoms with Gasteiger partial charge < -0.3 is 9.31 Å². The molecule has 0 aromatic carbocycles. The fraction of sp³-hybridized carbons (Fsp3) is 1.00. The second-order valence-corrected chi connectivity index (χ2v) is 6.59. The molecule has 0 aromatic rings. The van der Waals surface area contributed by atoms with Crippen molar-refractivity contribution in [2.24, 2.45) is 29.1 Å². The van der Waals surface area contributed by atoms with E-state index < -0.39 is 0 Å². The van der Waals surface area contributed by atoms with E-state index in [9.17, 15) is 0 Å². The predicted octanol–water partition coefficient (Wildman–Crippen LogP) is 1.71. The Bertz CT molecular complexity index is 372. The smallest absolute Gasteiger partial charge is 0.404 e. The maximum atomic E-state index is 6.09. The van der Waals surface area contributed by atoms with Crippen LogP contribution in [0.4, 0.5) is 0 Å². The topological polar surface area (TPSA) is 18.5 Å². The van der Waals surface area contributed by atoms with Gasteiger partial charge in [-0.2, -0.15) is 0 Å². The summed E-state index contributed by atoms with van der Waals surface area (Å²) >= 11 is 5.84. The third-order valence-electron chi connectivity index (χ3n) is 6.34. The molecule has 1 aliphatic heterocycles. The summed E-state index contributed by atoms with van der Waals surface area (Å²) in [6, 6.07) is 0. The average molecular weight is 224 g/mol. The number of alkyl halides is 1. The van der Waals surface area contributed by atoms with E-state index in [1.165, 1.54) is 12.8 Å². The summed E-state index contributed by atoms with van der Waals surface area (Å²) in [6.45, 7) is 2.27. The maximum absolute atomic E-state index is 6.09. The van der Waals surface area contributed by atoms with E-state index in [4.69, 9.17) is 20.9 Å². The zero-order valence-electron chi connectivity index (χ0n) is 8.78. The minimum atomic E-state index is -0.143. The first-order valence-electron chi connectivity index (χ1n) is 6.12. The summed E-state index contributed by atoms with van der Waals surface area (Å²) in [5, 5.41) is 0. The van der Waals surface area contributed by atoms with Gasteiger partial charge in [0.15, 0.2) is 0 Å². The number of hydrogen-bond donors (Lipinski definition) is 0. The molecule has 1 heterocycles. The van der Waals surface area contributed by atoms with Gasteiger partial charge in [-0.05, 0) is 48.9 Å². The molecule has 5 rings (SSSR count). The van der Waals surface area contributed by atoms with Gasteiger partial charge in [0.05, 0.1) is 17.5 Å². The van der Waals surface area contributed by atoms with Crippen molar-refractivity contribution in [3.05, 3.63) is 0 Å². The molecule has 4 unspecified atom stereocenters. The first-order chi connectivity index (χ1) is 7.23. The molecule has 0 radical (unpaired) electrons. The Morgan fingerprint density at radius 3 is 2.80 bits per heavy atom. The van der Waals surface area contributed by atoms with Crippen LogP contribution in [-0.4, -0.2) is 24.6 Å². The SMILES string of the molecule is C[C@@]12OB(CCl)OC1C1C[C@@H]3C4C[C@H]2C143. The highest BCUT2D eigenvalue weighted by molar-refractivity contribution is 6.57. The van der Waals surface area contributed by atoms with E-state index in [0.717, 1.165) is 23.7 Å². The highest BCUT2D eigenvalue weighted by Gasteiger charge is 2.93. The van der Waals surface area contributed by atoms with Crippen molar-refractivity contribution in [3.8, 4) is 0 Å². The fourth-order valence-corrected chi connectivity index (χ4v) is 6.04. The Hall–Kier alpha value is 0.275. The van der Waals surface area contributed by atoms with E-state index in [2.05, 4.69) is 6.92 Å². The molecular formula is C11H14BClO2. The molecule has 2 nitrogen and oxygen atoms in total. The van der Waals surface area contributed by atoms with E-state index in [0.29, 0.717) is 17.3 Å². The zero-order chi connectivity index (χ0) is 10.00. The molecule has 0 amide bonds. The van der Waals surface area contributed by atoms with Gasteiger partial charge in [-0.15, -0.1) is 11.6 Å². The molecule has 1 spiro atoms. The molecule has 4 saturated carbocycles. The number of rotatable bonds is 1. The molecule has 4 aliphatic carbocycles. The van der Waals surface area contributed by atoms with Crippen LogP contribution in [0, 0.1) is 29.1 Å². The van der Waals surface area contributed by atoms with Crippen molar-refractivity contribution in [1.82, 2.24) is 0 Å². The highest BCUT2D eigenvalue weighted by atomic mass is 35.5. The number of halogens is 1. The lowest BCUT2D eigenvalue weighted by Gasteiger charge is -2.42. The minimum Gasteiger partial charge on any atom is -0.404 e. The van der Waals surface area contributed by atoms with Crippen LogP contribution in [0.15, 0.2) is 0 Å². The lowest BCUT2D eigenvalue weighted by Crippen LogP contribution is -2.44. The van der Waals surface area contributed by atoms with E-state index in [1.54, 1.807) is 0 Å². The Balaban J connectivity index is 1.59. The van der Waals surface area contributed by atoms with Gasteiger partial charge in [-0.3, -0.25) is 0 Å². The summed E-state index contributed by atoms with van der Waals surface area (Å²) in [5.41, 5.74) is 0.711. The third kappa shape index (κ3) is 0.573. The van der Waals surface area contributed by atoms with Crippen molar-refractivity contribution in [3.63, 3.8) is 0 Å². The van der Waals surface area contributed by atoms with Gasteiger partial charge in [0.25, 0.3) is 0 Å². The van der Waals surface area contributed by atoms with Crippen LogP contribution in [0.3, 0.4) is 0 Å². The van der Waals surface area contributed by atoms with Crippen molar-refractivity contribution < 1.29 is 9.31 Å². The fourth-order valence-electron chi connectivity index (χ4n) is 5.90. The second kappa shape index (κ2) is 2.02. The first kappa shape index (κ1) is 8.38. The maximum Gasteiger partial charge on any atom is 0.473 e. The van der Waals surface area contributed by atoms with Crippen LogP contribution in [-0.2, 0) is 9.31 Å². The minimum absolute atomic E-state index is 0.00593. The first-order valence-corrected chi connectivity index (χ1v) is 6.65. The molecule has 0 N–H and O–H groups in total. The molecule has 4 heteroatoms. The Labute approximate surface area is 94.8 Å². The summed E-state index contributed by atoms with van der Waals surface area (Å²) in [6.07, 6.45) is 3.15. The largest absolute Gasteiger partial charge is 0.473 e. The van der Waals surface area contributed by atoms with E-state index in [-0.39, 0.29) is 12.7 Å². The lowest BCUT2D eigenvalue weighted by molar-refractivity contribution is -0.00935. The molecule has 0 bridgehead atoms. The lowest BCUT2D eigenvalue weighted by atomic mass is 9.64. The van der Waals surface area contributed by atoms with Gasteiger partial charge in [-0.1, -0.05) is 0 Å². The molecular weight excluding hydrogens is 210 g/mol. The Morgan fingerprint density at radius 1 is 1.33 bits per heavy atom. The molecule has 0 aromatic heterocycles. The van der Waals surface area contributed by atoms with Crippen LogP contribution >= 0.6 is 11.6 Å². The summed E-state index contributed by atoms with van der Waals surface area (Å²) in [4.78, 5) is 0. The van der Waals surface area contributed by atoms with Crippen LogP contribution in [0.1, 0.15) is 19.8 Å². The van der Waals surface area contributed by atoms with Gasteiger partial charge in [0.2, 0.25) is 0 Å². The molecule has 5 fully saturated rings. The van der Waals surface area contributed by atoms with Crippen molar-refractivity contribution >= 4 is 18.7 Å².